The van der Waals surface area contributed by atoms with Crippen molar-refractivity contribution in [1.29, 1.82) is 0 Å². The van der Waals surface area contributed by atoms with Crippen molar-refractivity contribution in [3.05, 3.63) is 34.9 Å². The summed E-state index contributed by atoms with van der Waals surface area (Å²) < 4.78 is 5.92. The molecule has 0 heterocycles. The average Bonchev–Trinajstić information content (AvgIpc) is 2.79. The minimum Gasteiger partial charge on any atom is -0.374 e. The zero-order chi connectivity index (χ0) is 11.4. The summed E-state index contributed by atoms with van der Waals surface area (Å²) in [6.07, 6.45) is 6.84. The van der Waals surface area contributed by atoms with Crippen LogP contribution in [0.3, 0.4) is 0 Å². The molecule has 0 spiro atoms. The summed E-state index contributed by atoms with van der Waals surface area (Å²) in [6, 6.07) is 6.72. The van der Waals surface area contributed by atoms with Crippen LogP contribution in [-0.2, 0) is 17.8 Å². The van der Waals surface area contributed by atoms with E-state index >= 15 is 0 Å². The van der Waals surface area contributed by atoms with Crippen LogP contribution in [0.25, 0.3) is 0 Å². The molecule has 88 valence electrons. The predicted molar refractivity (Wildman–Crippen MR) is 67.6 cm³/mol. The van der Waals surface area contributed by atoms with Crippen LogP contribution in [0, 0.1) is 6.92 Å². The maximum atomic E-state index is 5.92. The van der Waals surface area contributed by atoms with Crippen LogP contribution >= 0.6 is 0 Å². The highest BCUT2D eigenvalue weighted by Gasteiger charge is 2.15. The van der Waals surface area contributed by atoms with Crippen molar-refractivity contribution < 1.29 is 4.74 Å². The van der Waals surface area contributed by atoms with Gasteiger partial charge in [-0.05, 0) is 42.9 Å². The van der Waals surface area contributed by atoms with Gasteiger partial charge in [0.15, 0.2) is 0 Å². The summed E-state index contributed by atoms with van der Waals surface area (Å²) in [7, 11) is 0. The third-order valence-corrected chi connectivity index (χ3v) is 3.58. The van der Waals surface area contributed by atoms with Gasteiger partial charge in [-0.25, -0.2) is 0 Å². The Hall–Kier alpha value is -0.820. The predicted octanol–water partition coefficient (Wildman–Crippen LogP) is 4.02. The number of benzene rings is 1. The van der Waals surface area contributed by atoms with Crippen molar-refractivity contribution in [1.82, 2.24) is 0 Å². The maximum absolute atomic E-state index is 5.92. The van der Waals surface area contributed by atoms with Gasteiger partial charge in [0, 0.05) is 0 Å². The molecule has 16 heavy (non-hydrogen) atoms. The van der Waals surface area contributed by atoms with E-state index in [-0.39, 0.29) is 0 Å². The Morgan fingerprint density at radius 2 is 2.00 bits per heavy atom. The van der Waals surface area contributed by atoms with Gasteiger partial charge in [0.2, 0.25) is 0 Å². The summed E-state index contributed by atoms with van der Waals surface area (Å²) >= 11 is 0. The number of hydrogen-bond donors (Lipinski definition) is 0. The lowest BCUT2D eigenvalue weighted by molar-refractivity contribution is 0.0456. The van der Waals surface area contributed by atoms with Crippen molar-refractivity contribution >= 4 is 0 Å². The molecular formula is C15H22O. The van der Waals surface area contributed by atoms with E-state index in [9.17, 15) is 0 Å². The van der Waals surface area contributed by atoms with Crippen molar-refractivity contribution in [3.63, 3.8) is 0 Å². The molecule has 1 aromatic carbocycles. The van der Waals surface area contributed by atoms with E-state index in [4.69, 9.17) is 4.74 Å². The van der Waals surface area contributed by atoms with Crippen LogP contribution in [0.15, 0.2) is 18.2 Å². The van der Waals surface area contributed by atoms with E-state index in [0.29, 0.717) is 6.10 Å². The lowest BCUT2D eigenvalue weighted by atomic mass is 10.0. The molecule has 0 aliphatic heterocycles. The van der Waals surface area contributed by atoms with Gasteiger partial charge in [-0.3, -0.25) is 0 Å². The molecule has 0 bridgehead atoms. The molecule has 0 unspecified atom stereocenters. The number of hydrogen-bond acceptors (Lipinski definition) is 1. The highest BCUT2D eigenvalue weighted by Crippen LogP contribution is 2.22. The largest absolute Gasteiger partial charge is 0.374 e. The van der Waals surface area contributed by atoms with Crippen LogP contribution in [-0.4, -0.2) is 6.10 Å². The van der Waals surface area contributed by atoms with Crippen LogP contribution in [0.5, 0.6) is 0 Å². The zero-order valence-corrected chi connectivity index (χ0v) is 10.5. The molecule has 0 atom stereocenters. The quantitative estimate of drug-likeness (QED) is 0.741. The first-order chi connectivity index (χ1) is 7.79. The third-order valence-electron chi connectivity index (χ3n) is 3.58. The van der Waals surface area contributed by atoms with Crippen molar-refractivity contribution in [2.45, 2.75) is 58.7 Å². The normalized spacial score (nSPS) is 16.9. The summed E-state index contributed by atoms with van der Waals surface area (Å²) in [5.74, 6) is 0. The molecule has 0 saturated heterocycles. The van der Waals surface area contributed by atoms with E-state index in [2.05, 4.69) is 32.0 Å². The Balaban J connectivity index is 1.91. The second kappa shape index (κ2) is 5.49. The minimum atomic E-state index is 0.520. The molecule has 1 fully saturated rings. The maximum Gasteiger partial charge on any atom is 0.0720 e. The standard InChI is InChI=1S/C15H22O/c1-3-14-9-8-13(10-12(14)2)11-16-15-6-4-5-7-15/h8-10,15H,3-7,11H2,1-2H3. The van der Waals surface area contributed by atoms with E-state index in [1.54, 1.807) is 0 Å². The summed E-state index contributed by atoms with van der Waals surface area (Å²) in [5, 5.41) is 0. The van der Waals surface area contributed by atoms with Gasteiger partial charge in [0.1, 0.15) is 0 Å². The Bertz CT molecular complexity index is 337. The van der Waals surface area contributed by atoms with Gasteiger partial charge >= 0.3 is 0 Å². The minimum absolute atomic E-state index is 0.520. The van der Waals surface area contributed by atoms with Crippen molar-refractivity contribution in [2.24, 2.45) is 0 Å². The number of aryl methyl sites for hydroxylation is 2. The van der Waals surface area contributed by atoms with Gasteiger partial charge in [0.25, 0.3) is 0 Å². The molecule has 1 heteroatoms. The molecule has 1 aromatic rings. The molecule has 0 radical (unpaired) electrons. The van der Waals surface area contributed by atoms with Gasteiger partial charge in [0.05, 0.1) is 12.7 Å². The van der Waals surface area contributed by atoms with E-state index in [1.165, 1.54) is 42.4 Å². The molecule has 1 aliphatic rings. The Labute approximate surface area is 98.8 Å². The Morgan fingerprint density at radius 3 is 2.62 bits per heavy atom. The molecule has 0 N–H and O–H groups in total. The highest BCUT2D eigenvalue weighted by molar-refractivity contribution is 5.30. The summed E-state index contributed by atoms with van der Waals surface area (Å²) in [4.78, 5) is 0. The molecule has 0 aromatic heterocycles. The molecular weight excluding hydrogens is 196 g/mol. The molecule has 1 aliphatic carbocycles. The van der Waals surface area contributed by atoms with Crippen LogP contribution < -0.4 is 0 Å². The van der Waals surface area contributed by atoms with Gasteiger partial charge < -0.3 is 4.74 Å². The second-order valence-electron chi connectivity index (χ2n) is 4.83. The number of rotatable bonds is 4. The van der Waals surface area contributed by atoms with Crippen molar-refractivity contribution in [2.75, 3.05) is 0 Å². The fourth-order valence-electron chi connectivity index (χ4n) is 2.51. The average molecular weight is 218 g/mol. The zero-order valence-electron chi connectivity index (χ0n) is 10.5. The first kappa shape index (κ1) is 11.7. The van der Waals surface area contributed by atoms with E-state index in [1.807, 2.05) is 0 Å². The van der Waals surface area contributed by atoms with Crippen molar-refractivity contribution in [3.8, 4) is 0 Å². The number of ether oxygens (including phenoxy) is 1. The van der Waals surface area contributed by atoms with Crippen LogP contribution in [0.4, 0.5) is 0 Å². The van der Waals surface area contributed by atoms with E-state index < -0.39 is 0 Å². The Kier molecular flexibility index (Phi) is 4.00. The van der Waals surface area contributed by atoms with Gasteiger partial charge in [-0.2, -0.15) is 0 Å². The Morgan fingerprint density at radius 1 is 1.25 bits per heavy atom. The highest BCUT2D eigenvalue weighted by atomic mass is 16.5. The molecule has 0 amide bonds. The fourth-order valence-corrected chi connectivity index (χ4v) is 2.51. The monoisotopic (exact) mass is 218 g/mol. The summed E-state index contributed by atoms with van der Waals surface area (Å²) in [6.45, 7) is 5.18. The van der Waals surface area contributed by atoms with Gasteiger partial charge in [-0.15, -0.1) is 0 Å². The van der Waals surface area contributed by atoms with E-state index in [0.717, 1.165) is 13.0 Å². The molecule has 1 nitrogen and oxygen atoms in total. The molecule has 2 rings (SSSR count). The summed E-state index contributed by atoms with van der Waals surface area (Å²) in [5.41, 5.74) is 4.17. The first-order valence-corrected chi connectivity index (χ1v) is 6.49. The first-order valence-electron chi connectivity index (χ1n) is 6.49. The van der Waals surface area contributed by atoms with Crippen LogP contribution in [0.2, 0.25) is 0 Å². The lowest BCUT2D eigenvalue weighted by Crippen LogP contribution is -2.07. The van der Waals surface area contributed by atoms with Crippen LogP contribution in [0.1, 0.15) is 49.3 Å². The second-order valence-corrected chi connectivity index (χ2v) is 4.83. The topological polar surface area (TPSA) is 9.23 Å². The van der Waals surface area contributed by atoms with Gasteiger partial charge in [-0.1, -0.05) is 38.0 Å². The molecule has 1 saturated carbocycles. The third kappa shape index (κ3) is 2.85. The fraction of sp³-hybridized carbons (Fsp3) is 0.600. The SMILES string of the molecule is CCc1ccc(COC2CCCC2)cc1C. The lowest BCUT2D eigenvalue weighted by Gasteiger charge is -2.12. The smallest absolute Gasteiger partial charge is 0.0720 e.